The third-order valence-electron chi connectivity index (χ3n) is 3.14. The zero-order chi connectivity index (χ0) is 29.4. The Hall–Kier alpha value is -2.28. The van der Waals surface area contributed by atoms with Gasteiger partial charge in [-0.3, -0.25) is 0 Å². The minimum absolute atomic E-state index is 0.162. The number of hydrogen-bond acceptors (Lipinski definition) is 10. The van der Waals surface area contributed by atoms with Crippen molar-refractivity contribution in [2.24, 2.45) is 0 Å². The van der Waals surface area contributed by atoms with E-state index in [-0.39, 0.29) is 12.5 Å². The van der Waals surface area contributed by atoms with E-state index in [0.717, 1.165) is 11.7 Å². The molecule has 0 aliphatic carbocycles. The Morgan fingerprint density at radius 2 is 1.93 bits per heavy atom. The van der Waals surface area contributed by atoms with Gasteiger partial charge in [0, 0.05) is 49.7 Å². The number of aliphatic hydroxyl groups excluding tert-OH is 1. The summed E-state index contributed by atoms with van der Waals surface area (Å²) >= 11 is 0.911. The van der Waals surface area contributed by atoms with Gasteiger partial charge in [0.25, 0.3) is 5.88 Å². The first kappa shape index (κ1) is 13.9. The number of anilines is 1. The number of carboxylic acid groups (broad SMARTS) is 2. The van der Waals surface area contributed by atoms with Crippen LogP contribution in [0.2, 0.25) is 0 Å². The Balaban J connectivity index is 0.000000781. The SMILES string of the molecule is O=C(O)/C=C\C(=O)O.[2H]C([2H])([2H])C(NC[C@@H](O)COc1nsnc1N1CCOCC1)(C([2H])([2H])[2H])C([2H])([2H])[2H]. The Morgan fingerprint density at radius 1 is 1.31 bits per heavy atom. The molecule has 11 nitrogen and oxygen atoms in total. The Labute approximate surface area is 185 Å². The molecule has 1 aromatic rings. The second-order valence-corrected chi connectivity index (χ2v) is 6.13. The maximum Gasteiger partial charge on any atom is 0.328 e. The van der Waals surface area contributed by atoms with E-state index in [1.807, 2.05) is 4.90 Å². The minimum Gasteiger partial charge on any atom is -0.478 e. The number of carboxylic acids is 2. The highest BCUT2D eigenvalue weighted by atomic mass is 32.1. The summed E-state index contributed by atoms with van der Waals surface area (Å²) < 4.78 is 86.9. The fourth-order valence-electron chi connectivity index (χ4n) is 1.88. The van der Waals surface area contributed by atoms with Gasteiger partial charge in [-0.2, -0.15) is 4.37 Å². The maximum atomic E-state index is 10.2. The normalized spacial score (nSPS) is 21.4. The first-order chi connectivity index (χ1) is 17.3. The average Bonchev–Trinajstić information content (AvgIpc) is 3.23. The zero-order valence-corrected chi connectivity index (χ0v) is 16.0. The predicted octanol–water partition coefficient (Wildman–Crippen LogP) is 0.214. The molecule has 1 aliphatic rings. The lowest BCUT2D eigenvalue weighted by molar-refractivity contribution is -0.134. The Kier molecular flexibility index (Phi) is 5.88. The number of ether oxygens (including phenoxy) is 2. The van der Waals surface area contributed by atoms with Crippen LogP contribution in [-0.2, 0) is 14.3 Å². The number of rotatable bonds is 8. The molecule has 1 aliphatic heterocycles. The molecular weight excluding hydrogens is 404 g/mol. The maximum absolute atomic E-state index is 10.2. The van der Waals surface area contributed by atoms with Gasteiger partial charge in [-0.05, 0) is 20.6 Å². The Morgan fingerprint density at radius 3 is 2.48 bits per heavy atom. The average molecular weight is 442 g/mol. The van der Waals surface area contributed by atoms with Gasteiger partial charge in [0.05, 0.1) is 24.9 Å². The summed E-state index contributed by atoms with van der Waals surface area (Å²) in [6, 6.07) is 0. The van der Waals surface area contributed by atoms with Crippen LogP contribution in [0.3, 0.4) is 0 Å². The van der Waals surface area contributed by atoms with E-state index in [4.69, 9.17) is 32.0 Å². The van der Waals surface area contributed by atoms with Crippen molar-refractivity contribution in [3.05, 3.63) is 12.2 Å². The fourth-order valence-corrected chi connectivity index (χ4v) is 2.40. The smallest absolute Gasteiger partial charge is 0.328 e. The number of β-amino-alcohol motifs (C(OH)–C–C–N with tert-alkyl or cyclic N) is 1. The third-order valence-corrected chi connectivity index (χ3v) is 3.64. The van der Waals surface area contributed by atoms with Crippen molar-refractivity contribution in [3.8, 4) is 5.88 Å². The molecule has 0 amide bonds. The van der Waals surface area contributed by atoms with Gasteiger partial charge in [0.2, 0.25) is 5.82 Å². The molecule has 29 heavy (non-hydrogen) atoms. The molecule has 2 rings (SSSR count). The van der Waals surface area contributed by atoms with Crippen LogP contribution < -0.4 is 15.0 Å². The number of aliphatic carboxylic acids is 2. The molecule has 0 saturated carbocycles. The highest BCUT2D eigenvalue weighted by Gasteiger charge is 2.21. The van der Waals surface area contributed by atoms with Crippen molar-refractivity contribution in [2.45, 2.75) is 32.2 Å². The number of morpholine rings is 1. The number of hydrogen-bond donors (Lipinski definition) is 4. The molecule has 164 valence electrons. The van der Waals surface area contributed by atoms with Crippen molar-refractivity contribution < 1.29 is 46.7 Å². The van der Waals surface area contributed by atoms with Crippen LogP contribution in [0, 0.1) is 0 Å². The van der Waals surface area contributed by atoms with E-state index < -0.39 is 50.7 Å². The largest absolute Gasteiger partial charge is 0.478 e. The van der Waals surface area contributed by atoms with Gasteiger partial charge in [0.15, 0.2) is 0 Å². The first-order valence-electron chi connectivity index (χ1n) is 12.7. The monoisotopic (exact) mass is 441 g/mol. The molecule has 1 fully saturated rings. The van der Waals surface area contributed by atoms with Crippen LogP contribution in [-0.4, -0.2) is 87.1 Å². The summed E-state index contributed by atoms with van der Waals surface area (Å²) in [6.45, 7) is -9.00. The van der Waals surface area contributed by atoms with Crippen molar-refractivity contribution in [1.29, 1.82) is 0 Å². The molecule has 12 heteroatoms. The van der Waals surface area contributed by atoms with Gasteiger partial charge in [0.1, 0.15) is 12.7 Å². The molecular formula is C17H28N4O7S. The van der Waals surface area contributed by atoms with E-state index in [1.165, 1.54) is 0 Å². The molecule has 2 heterocycles. The lowest BCUT2D eigenvalue weighted by atomic mass is 10.1. The predicted molar refractivity (Wildman–Crippen MR) is 107 cm³/mol. The molecule has 1 saturated heterocycles. The second-order valence-electron chi connectivity index (χ2n) is 5.60. The number of aliphatic hydroxyl groups is 1. The van der Waals surface area contributed by atoms with Crippen LogP contribution in [0.25, 0.3) is 0 Å². The van der Waals surface area contributed by atoms with Gasteiger partial charge in [-0.25, -0.2) is 9.59 Å². The number of nitrogens with zero attached hydrogens (tertiary/aromatic N) is 3. The summed E-state index contributed by atoms with van der Waals surface area (Å²) in [5, 5.41) is 27.9. The molecule has 0 radical (unpaired) electrons. The lowest BCUT2D eigenvalue weighted by Crippen LogP contribution is -2.42. The number of nitrogens with one attached hydrogen (secondary N) is 1. The lowest BCUT2D eigenvalue weighted by Gasteiger charge is -2.27. The van der Waals surface area contributed by atoms with Crippen LogP contribution in [0.15, 0.2) is 12.2 Å². The van der Waals surface area contributed by atoms with Gasteiger partial charge in [-0.15, -0.1) is 4.37 Å². The highest BCUT2D eigenvalue weighted by Crippen LogP contribution is 2.26. The topological polar surface area (TPSA) is 154 Å². The first-order valence-corrected chi connectivity index (χ1v) is 8.91. The van der Waals surface area contributed by atoms with Crippen LogP contribution in [0.5, 0.6) is 5.88 Å². The zero-order valence-electron chi connectivity index (χ0n) is 24.2. The second kappa shape index (κ2) is 12.3. The molecule has 4 N–H and O–H groups in total. The molecule has 0 spiro atoms. The standard InChI is InChI=1S/C13H24N4O3S.C4H4O4/c1-13(2,3)14-8-10(18)9-20-12-11(15-21-16-12)17-4-6-19-7-5-17;5-3(6)1-2-4(7)8/h10,14,18H,4-9H2,1-3H3;1-2H,(H,5,6)(H,7,8)/b;2-1-/t10-;/m1./s1/i1D3,2D3,3D3;. The number of aromatic nitrogens is 2. The molecule has 1 atom stereocenters. The van der Waals surface area contributed by atoms with Crippen LogP contribution >= 0.6 is 11.7 Å². The molecule has 0 bridgehead atoms. The Bertz CT molecular complexity index is 895. The summed E-state index contributed by atoms with van der Waals surface area (Å²) in [5.41, 5.74) is -3.21. The van der Waals surface area contributed by atoms with Gasteiger partial charge >= 0.3 is 11.9 Å². The van der Waals surface area contributed by atoms with Crippen LogP contribution in [0.1, 0.15) is 32.9 Å². The van der Waals surface area contributed by atoms with Gasteiger partial charge < -0.3 is 35.0 Å². The van der Waals surface area contributed by atoms with Crippen molar-refractivity contribution in [2.75, 3.05) is 44.4 Å². The van der Waals surface area contributed by atoms with E-state index in [2.05, 4.69) is 14.1 Å². The quantitative estimate of drug-likeness (QED) is 0.409. The van der Waals surface area contributed by atoms with Crippen molar-refractivity contribution in [1.82, 2.24) is 14.1 Å². The minimum atomic E-state index is -3.40. The van der Waals surface area contributed by atoms with Crippen molar-refractivity contribution >= 4 is 29.5 Å². The van der Waals surface area contributed by atoms with E-state index >= 15 is 0 Å². The third kappa shape index (κ3) is 11.3. The number of carbonyl (C=O) groups is 2. The van der Waals surface area contributed by atoms with E-state index in [1.54, 1.807) is 0 Å². The van der Waals surface area contributed by atoms with E-state index in [0.29, 0.717) is 44.3 Å². The molecule has 0 unspecified atom stereocenters. The molecule has 0 aromatic carbocycles. The molecule has 1 aromatic heterocycles. The van der Waals surface area contributed by atoms with E-state index in [9.17, 15) is 14.7 Å². The summed E-state index contributed by atoms with van der Waals surface area (Å²) in [4.78, 5) is 21.0. The summed E-state index contributed by atoms with van der Waals surface area (Å²) in [5.74, 6) is -1.88. The summed E-state index contributed by atoms with van der Waals surface area (Å²) in [6.07, 6.45) is -0.291. The summed E-state index contributed by atoms with van der Waals surface area (Å²) in [7, 11) is 0. The fraction of sp³-hybridized carbons (Fsp3) is 0.647. The van der Waals surface area contributed by atoms with Crippen molar-refractivity contribution in [3.63, 3.8) is 0 Å². The van der Waals surface area contributed by atoms with Gasteiger partial charge in [-0.1, -0.05) is 0 Å². The van der Waals surface area contributed by atoms with Crippen LogP contribution in [0.4, 0.5) is 5.82 Å². The highest BCUT2D eigenvalue weighted by molar-refractivity contribution is 6.99.